The topological polar surface area (TPSA) is 38.3 Å². The Kier molecular flexibility index (Phi) is 7.28. The molecule has 19 heavy (non-hydrogen) atoms. The molecule has 1 N–H and O–H groups in total. The molecule has 0 aliphatic heterocycles. The first-order valence-corrected chi connectivity index (χ1v) is 8.21. The molecular weight excluding hydrogens is 258 g/mol. The van der Waals surface area contributed by atoms with Crippen molar-refractivity contribution in [3.05, 3.63) is 34.9 Å². The Morgan fingerprint density at radius 3 is 2.74 bits per heavy atom. The standard InChI is InChI=1S/C15H25NO2S/c1-5-16-15(11-19(17)9-8-18-4)14-10-12(2)6-7-13(14)3/h6-7,10,15-16H,5,8-9,11H2,1-4H3. The Labute approximate surface area is 119 Å². The molecule has 1 aromatic carbocycles. The predicted octanol–water partition coefficient (Wildman–Crippen LogP) is 2.35. The molecule has 0 aliphatic carbocycles. The molecule has 1 rings (SSSR count). The lowest BCUT2D eigenvalue weighted by Crippen LogP contribution is -2.28. The summed E-state index contributed by atoms with van der Waals surface area (Å²) in [5.41, 5.74) is 3.75. The van der Waals surface area contributed by atoms with E-state index in [9.17, 15) is 4.21 Å². The van der Waals surface area contributed by atoms with Gasteiger partial charge in [0.25, 0.3) is 0 Å². The summed E-state index contributed by atoms with van der Waals surface area (Å²) in [6.45, 7) is 7.71. The molecule has 0 aromatic heterocycles. The lowest BCUT2D eigenvalue weighted by molar-refractivity contribution is 0.218. The summed E-state index contributed by atoms with van der Waals surface area (Å²) in [7, 11) is 0.788. The van der Waals surface area contributed by atoms with Crippen LogP contribution in [0.1, 0.15) is 29.7 Å². The minimum absolute atomic E-state index is 0.155. The smallest absolute Gasteiger partial charge is 0.0577 e. The minimum Gasteiger partial charge on any atom is -0.384 e. The monoisotopic (exact) mass is 283 g/mol. The fourth-order valence-electron chi connectivity index (χ4n) is 2.09. The summed E-state index contributed by atoms with van der Waals surface area (Å²) in [6, 6.07) is 6.59. The maximum absolute atomic E-state index is 12.0. The Hall–Kier alpha value is -0.710. The van der Waals surface area contributed by atoms with E-state index in [-0.39, 0.29) is 6.04 Å². The first kappa shape index (κ1) is 16.3. The summed E-state index contributed by atoms with van der Waals surface area (Å²) in [4.78, 5) is 0. The van der Waals surface area contributed by atoms with E-state index in [0.29, 0.717) is 18.1 Å². The van der Waals surface area contributed by atoms with Crippen molar-refractivity contribution in [2.24, 2.45) is 0 Å². The largest absolute Gasteiger partial charge is 0.384 e. The maximum atomic E-state index is 12.0. The van der Waals surface area contributed by atoms with E-state index < -0.39 is 10.8 Å². The second-order valence-electron chi connectivity index (χ2n) is 4.77. The van der Waals surface area contributed by atoms with Gasteiger partial charge in [-0.15, -0.1) is 0 Å². The lowest BCUT2D eigenvalue weighted by atomic mass is 10.00. The highest BCUT2D eigenvalue weighted by Gasteiger charge is 2.16. The Balaban J connectivity index is 2.81. The quantitative estimate of drug-likeness (QED) is 0.796. The summed E-state index contributed by atoms with van der Waals surface area (Å²) >= 11 is 0. The molecule has 0 amide bonds. The van der Waals surface area contributed by atoms with Crippen LogP contribution < -0.4 is 5.32 Å². The third-order valence-electron chi connectivity index (χ3n) is 3.13. The van der Waals surface area contributed by atoms with Crippen LogP contribution in [0.3, 0.4) is 0 Å². The molecular formula is C15H25NO2S. The first-order valence-electron chi connectivity index (χ1n) is 6.73. The number of aryl methyl sites for hydroxylation is 2. The van der Waals surface area contributed by atoms with Crippen molar-refractivity contribution in [2.45, 2.75) is 26.8 Å². The van der Waals surface area contributed by atoms with Gasteiger partial charge in [-0.1, -0.05) is 30.7 Å². The van der Waals surface area contributed by atoms with E-state index in [1.165, 1.54) is 16.7 Å². The molecule has 0 aliphatic rings. The zero-order chi connectivity index (χ0) is 14.3. The van der Waals surface area contributed by atoms with Crippen LogP contribution in [0.5, 0.6) is 0 Å². The third-order valence-corrected chi connectivity index (χ3v) is 4.46. The zero-order valence-corrected chi connectivity index (χ0v) is 13.2. The van der Waals surface area contributed by atoms with Gasteiger partial charge in [-0.2, -0.15) is 0 Å². The number of benzene rings is 1. The summed E-state index contributed by atoms with van der Waals surface area (Å²) < 4.78 is 17.0. The van der Waals surface area contributed by atoms with Gasteiger partial charge in [-0.3, -0.25) is 4.21 Å². The second-order valence-corrected chi connectivity index (χ2v) is 6.39. The van der Waals surface area contributed by atoms with Crippen LogP contribution in [-0.2, 0) is 15.5 Å². The van der Waals surface area contributed by atoms with Crippen molar-refractivity contribution in [3.63, 3.8) is 0 Å². The van der Waals surface area contributed by atoms with Gasteiger partial charge >= 0.3 is 0 Å². The van der Waals surface area contributed by atoms with E-state index in [1.807, 2.05) is 0 Å². The Morgan fingerprint density at radius 1 is 1.37 bits per heavy atom. The average Bonchev–Trinajstić information content (AvgIpc) is 2.38. The molecule has 0 fully saturated rings. The van der Waals surface area contributed by atoms with E-state index in [4.69, 9.17) is 4.74 Å². The fourth-order valence-corrected chi connectivity index (χ4v) is 3.27. The van der Waals surface area contributed by atoms with Gasteiger partial charge in [0.1, 0.15) is 0 Å². The van der Waals surface area contributed by atoms with Gasteiger partial charge in [0, 0.05) is 35.5 Å². The van der Waals surface area contributed by atoms with Gasteiger partial charge in [0.2, 0.25) is 0 Å². The normalized spacial score (nSPS) is 14.3. The minimum atomic E-state index is -0.854. The number of hydrogen-bond acceptors (Lipinski definition) is 3. The number of hydrogen-bond donors (Lipinski definition) is 1. The van der Waals surface area contributed by atoms with Crippen molar-refractivity contribution < 1.29 is 8.95 Å². The number of rotatable bonds is 8. The van der Waals surface area contributed by atoms with E-state index >= 15 is 0 Å². The number of methoxy groups -OCH3 is 1. The van der Waals surface area contributed by atoms with Crippen LogP contribution in [0.4, 0.5) is 0 Å². The third kappa shape index (κ3) is 5.43. The molecule has 0 saturated heterocycles. The van der Waals surface area contributed by atoms with Crippen molar-refractivity contribution in [1.29, 1.82) is 0 Å². The molecule has 1 aromatic rings. The van der Waals surface area contributed by atoms with Crippen LogP contribution in [-0.4, -0.2) is 36.0 Å². The molecule has 2 atom stereocenters. The molecule has 3 nitrogen and oxygen atoms in total. The molecule has 4 heteroatoms. The molecule has 0 saturated carbocycles. The van der Waals surface area contributed by atoms with Gasteiger partial charge in [0.15, 0.2) is 0 Å². The number of nitrogens with one attached hydrogen (secondary N) is 1. The van der Waals surface area contributed by atoms with Crippen molar-refractivity contribution >= 4 is 10.8 Å². The molecule has 0 spiro atoms. The molecule has 108 valence electrons. The van der Waals surface area contributed by atoms with Crippen LogP contribution in [0.2, 0.25) is 0 Å². The van der Waals surface area contributed by atoms with Crippen LogP contribution in [0.15, 0.2) is 18.2 Å². The van der Waals surface area contributed by atoms with Crippen LogP contribution in [0.25, 0.3) is 0 Å². The SMILES string of the molecule is CCNC(CS(=O)CCOC)c1cc(C)ccc1C. The second kappa shape index (κ2) is 8.46. The van der Waals surface area contributed by atoms with Crippen molar-refractivity contribution in [2.75, 3.05) is 31.8 Å². The van der Waals surface area contributed by atoms with Gasteiger partial charge in [-0.05, 0) is 31.5 Å². The van der Waals surface area contributed by atoms with Crippen molar-refractivity contribution in [1.82, 2.24) is 5.32 Å². The summed E-state index contributed by atoms with van der Waals surface area (Å²) in [5.74, 6) is 1.24. The molecule has 2 unspecified atom stereocenters. The highest BCUT2D eigenvalue weighted by atomic mass is 32.2. The first-order chi connectivity index (χ1) is 9.08. The summed E-state index contributed by atoms with van der Waals surface area (Å²) in [5, 5.41) is 3.44. The van der Waals surface area contributed by atoms with Crippen LogP contribution >= 0.6 is 0 Å². The maximum Gasteiger partial charge on any atom is 0.0577 e. The molecule has 0 bridgehead atoms. The van der Waals surface area contributed by atoms with Crippen molar-refractivity contribution in [3.8, 4) is 0 Å². The van der Waals surface area contributed by atoms with E-state index in [1.54, 1.807) is 7.11 Å². The fraction of sp³-hybridized carbons (Fsp3) is 0.600. The highest BCUT2D eigenvalue weighted by Crippen LogP contribution is 2.20. The molecule has 0 radical (unpaired) electrons. The number of ether oxygens (including phenoxy) is 1. The summed E-state index contributed by atoms with van der Waals surface area (Å²) in [6.07, 6.45) is 0. The zero-order valence-electron chi connectivity index (χ0n) is 12.4. The molecule has 0 heterocycles. The Bertz CT molecular complexity index is 421. The van der Waals surface area contributed by atoms with Gasteiger partial charge in [0.05, 0.1) is 6.61 Å². The van der Waals surface area contributed by atoms with Crippen LogP contribution in [0, 0.1) is 13.8 Å². The van der Waals surface area contributed by atoms with Gasteiger partial charge in [-0.25, -0.2) is 0 Å². The predicted molar refractivity (Wildman–Crippen MR) is 82.1 cm³/mol. The lowest BCUT2D eigenvalue weighted by Gasteiger charge is -2.20. The van der Waals surface area contributed by atoms with Gasteiger partial charge < -0.3 is 10.1 Å². The Morgan fingerprint density at radius 2 is 2.11 bits per heavy atom. The van der Waals surface area contributed by atoms with E-state index in [0.717, 1.165) is 6.54 Å². The highest BCUT2D eigenvalue weighted by molar-refractivity contribution is 7.85. The average molecular weight is 283 g/mol. The van der Waals surface area contributed by atoms with E-state index in [2.05, 4.69) is 44.3 Å².